The summed E-state index contributed by atoms with van der Waals surface area (Å²) in [7, 11) is -3.37. The molecule has 0 bridgehead atoms. The minimum Gasteiger partial charge on any atom is -0.334 e. The number of hydrogen-bond acceptors (Lipinski definition) is 4. The molecule has 1 amide bonds. The minimum absolute atomic E-state index is 0.0742. The SMILES string of the molecule is Cc1ccc(C(=O)N2CCCC2CN)cc1NS(C)(=O)=O. The molecule has 1 fully saturated rings. The van der Waals surface area contributed by atoms with Gasteiger partial charge in [-0.25, -0.2) is 8.42 Å². The van der Waals surface area contributed by atoms with Gasteiger partial charge in [0.15, 0.2) is 0 Å². The molecule has 1 heterocycles. The first-order valence-electron chi connectivity index (χ1n) is 6.91. The van der Waals surface area contributed by atoms with Crippen LogP contribution in [0.3, 0.4) is 0 Å². The smallest absolute Gasteiger partial charge is 0.254 e. The number of nitrogens with two attached hydrogens (primary N) is 1. The topological polar surface area (TPSA) is 92.5 Å². The summed E-state index contributed by atoms with van der Waals surface area (Å²) in [6.45, 7) is 2.94. The number of amides is 1. The van der Waals surface area contributed by atoms with Crippen LogP contribution in [0.5, 0.6) is 0 Å². The molecule has 6 nitrogen and oxygen atoms in total. The predicted octanol–water partition coefficient (Wildman–Crippen LogP) is 0.930. The van der Waals surface area contributed by atoms with Crippen molar-refractivity contribution in [3.63, 3.8) is 0 Å². The molecule has 3 N–H and O–H groups in total. The zero-order valence-corrected chi connectivity index (χ0v) is 13.1. The highest BCUT2D eigenvalue weighted by Crippen LogP contribution is 2.23. The third-order valence-corrected chi connectivity index (χ3v) is 4.28. The summed E-state index contributed by atoms with van der Waals surface area (Å²) in [5.41, 5.74) is 7.38. The first-order chi connectivity index (χ1) is 9.81. The maximum Gasteiger partial charge on any atom is 0.254 e. The number of benzene rings is 1. The predicted molar refractivity (Wildman–Crippen MR) is 82.8 cm³/mol. The van der Waals surface area contributed by atoms with E-state index in [4.69, 9.17) is 5.73 Å². The van der Waals surface area contributed by atoms with Gasteiger partial charge in [-0.3, -0.25) is 9.52 Å². The van der Waals surface area contributed by atoms with Crippen LogP contribution in [0.4, 0.5) is 5.69 Å². The number of sulfonamides is 1. The van der Waals surface area contributed by atoms with Gasteiger partial charge < -0.3 is 10.6 Å². The molecule has 1 unspecified atom stereocenters. The van der Waals surface area contributed by atoms with E-state index in [0.717, 1.165) is 24.7 Å². The quantitative estimate of drug-likeness (QED) is 0.865. The number of aryl methyl sites for hydroxylation is 1. The summed E-state index contributed by atoms with van der Waals surface area (Å²) in [6, 6.07) is 5.13. The van der Waals surface area contributed by atoms with Crippen LogP contribution < -0.4 is 10.5 Å². The monoisotopic (exact) mass is 311 g/mol. The van der Waals surface area contributed by atoms with Gasteiger partial charge in [-0.2, -0.15) is 0 Å². The number of carbonyl (C=O) groups is 1. The molecule has 1 aliphatic heterocycles. The van der Waals surface area contributed by atoms with Crippen LogP contribution >= 0.6 is 0 Å². The van der Waals surface area contributed by atoms with Crippen LogP contribution in [-0.4, -0.2) is 44.6 Å². The minimum atomic E-state index is -3.37. The number of anilines is 1. The first kappa shape index (κ1) is 15.8. The summed E-state index contributed by atoms with van der Waals surface area (Å²) < 4.78 is 25.2. The summed E-state index contributed by atoms with van der Waals surface area (Å²) >= 11 is 0. The number of nitrogens with zero attached hydrogens (tertiary/aromatic N) is 1. The average molecular weight is 311 g/mol. The lowest BCUT2D eigenvalue weighted by molar-refractivity contribution is 0.0741. The standard InChI is InChI=1S/C14H21N3O3S/c1-10-5-6-11(8-13(10)16-21(2,19)20)14(18)17-7-3-4-12(17)9-15/h5-6,8,12,16H,3-4,7,9,15H2,1-2H3. The van der Waals surface area contributed by atoms with Gasteiger partial charge >= 0.3 is 0 Å². The van der Waals surface area contributed by atoms with Gasteiger partial charge in [0, 0.05) is 24.7 Å². The second-order valence-electron chi connectivity index (χ2n) is 5.43. The van der Waals surface area contributed by atoms with Crippen LogP contribution in [0.2, 0.25) is 0 Å². The molecular formula is C14H21N3O3S. The summed E-state index contributed by atoms with van der Waals surface area (Å²) in [6.07, 6.45) is 2.96. The van der Waals surface area contributed by atoms with Crippen LogP contribution in [0.1, 0.15) is 28.8 Å². The molecule has 1 saturated heterocycles. The molecule has 1 aromatic rings. The van der Waals surface area contributed by atoms with Crippen LogP contribution in [0, 0.1) is 6.92 Å². The number of carbonyl (C=O) groups excluding carboxylic acids is 1. The van der Waals surface area contributed by atoms with E-state index in [0.29, 0.717) is 24.3 Å². The van der Waals surface area contributed by atoms with Crippen molar-refractivity contribution in [2.45, 2.75) is 25.8 Å². The highest BCUT2D eigenvalue weighted by Gasteiger charge is 2.28. The molecule has 1 aromatic carbocycles. The molecule has 1 aliphatic rings. The van der Waals surface area contributed by atoms with E-state index < -0.39 is 10.0 Å². The lowest BCUT2D eigenvalue weighted by Crippen LogP contribution is -2.39. The highest BCUT2D eigenvalue weighted by atomic mass is 32.2. The van der Waals surface area contributed by atoms with E-state index in [2.05, 4.69) is 4.72 Å². The highest BCUT2D eigenvalue weighted by molar-refractivity contribution is 7.92. The fourth-order valence-corrected chi connectivity index (χ4v) is 3.20. The molecule has 1 atom stereocenters. The van der Waals surface area contributed by atoms with E-state index in [-0.39, 0.29) is 11.9 Å². The molecule has 0 aromatic heterocycles. The maximum absolute atomic E-state index is 12.5. The Labute approximate surface area is 125 Å². The van der Waals surface area contributed by atoms with Crippen molar-refractivity contribution >= 4 is 21.6 Å². The lowest BCUT2D eigenvalue weighted by atomic mass is 10.1. The fraction of sp³-hybridized carbons (Fsp3) is 0.500. The molecule has 0 radical (unpaired) electrons. The Bertz CT molecular complexity index is 643. The Morgan fingerprint density at radius 1 is 1.48 bits per heavy atom. The molecule has 21 heavy (non-hydrogen) atoms. The Morgan fingerprint density at radius 2 is 2.19 bits per heavy atom. The maximum atomic E-state index is 12.5. The number of hydrogen-bond donors (Lipinski definition) is 2. The molecule has 2 rings (SSSR count). The Kier molecular flexibility index (Phi) is 4.53. The van der Waals surface area contributed by atoms with Crippen molar-refractivity contribution in [1.29, 1.82) is 0 Å². The van der Waals surface area contributed by atoms with Crippen LogP contribution in [0.25, 0.3) is 0 Å². The third kappa shape index (κ3) is 3.74. The van der Waals surface area contributed by atoms with Crippen molar-refractivity contribution in [1.82, 2.24) is 4.90 Å². The molecule has 0 spiro atoms. The second-order valence-corrected chi connectivity index (χ2v) is 7.18. The molecule has 0 saturated carbocycles. The largest absolute Gasteiger partial charge is 0.334 e. The van der Waals surface area contributed by atoms with Gasteiger partial charge in [0.2, 0.25) is 10.0 Å². The average Bonchev–Trinajstić information content (AvgIpc) is 2.87. The van der Waals surface area contributed by atoms with E-state index >= 15 is 0 Å². The number of nitrogens with one attached hydrogen (secondary N) is 1. The van der Waals surface area contributed by atoms with Gasteiger partial charge in [-0.1, -0.05) is 6.07 Å². The number of likely N-dealkylation sites (tertiary alicyclic amines) is 1. The van der Waals surface area contributed by atoms with Crippen molar-refractivity contribution in [3.05, 3.63) is 29.3 Å². The zero-order chi connectivity index (χ0) is 15.6. The zero-order valence-electron chi connectivity index (χ0n) is 12.3. The summed E-state index contributed by atoms with van der Waals surface area (Å²) in [5, 5.41) is 0. The molecule has 7 heteroatoms. The lowest BCUT2D eigenvalue weighted by Gasteiger charge is -2.24. The third-order valence-electron chi connectivity index (χ3n) is 3.69. The molecule has 0 aliphatic carbocycles. The van der Waals surface area contributed by atoms with Gasteiger partial charge in [-0.05, 0) is 37.5 Å². The van der Waals surface area contributed by atoms with Gasteiger partial charge in [0.1, 0.15) is 0 Å². The fourth-order valence-electron chi connectivity index (χ4n) is 2.58. The van der Waals surface area contributed by atoms with Crippen molar-refractivity contribution in [2.75, 3.05) is 24.1 Å². The van der Waals surface area contributed by atoms with E-state index in [1.54, 1.807) is 30.0 Å². The Balaban J connectivity index is 2.28. The van der Waals surface area contributed by atoms with Crippen molar-refractivity contribution in [3.8, 4) is 0 Å². The second kappa shape index (κ2) is 6.03. The van der Waals surface area contributed by atoms with E-state index in [1.165, 1.54) is 0 Å². The molecule has 116 valence electrons. The summed E-state index contributed by atoms with van der Waals surface area (Å²) in [4.78, 5) is 14.3. The van der Waals surface area contributed by atoms with Crippen molar-refractivity contribution < 1.29 is 13.2 Å². The molecular weight excluding hydrogens is 290 g/mol. The van der Waals surface area contributed by atoms with Crippen LogP contribution in [0.15, 0.2) is 18.2 Å². The van der Waals surface area contributed by atoms with Gasteiger partial charge in [0.05, 0.1) is 11.9 Å². The van der Waals surface area contributed by atoms with Crippen LogP contribution in [-0.2, 0) is 10.0 Å². The van der Waals surface area contributed by atoms with E-state index in [9.17, 15) is 13.2 Å². The Hall–Kier alpha value is -1.60. The van der Waals surface area contributed by atoms with Crippen molar-refractivity contribution in [2.24, 2.45) is 5.73 Å². The van der Waals surface area contributed by atoms with Gasteiger partial charge in [0.25, 0.3) is 5.91 Å². The number of rotatable bonds is 4. The normalized spacial score (nSPS) is 18.8. The first-order valence-corrected chi connectivity index (χ1v) is 8.80. The van der Waals surface area contributed by atoms with Gasteiger partial charge in [-0.15, -0.1) is 0 Å². The van der Waals surface area contributed by atoms with E-state index in [1.807, 2.05) is 0 Å². The Morgan fingerprint density at radius 3 is 2.81 bits per heavy atom. The summed E-state index contributed by atoms with van der Waals surface area (Å²) in [5.74, 6) is -0.0977.